The van der Waals surface area contributed by atoms with E-state index >= 15 is 0 Å². The molecule has 0 amide bonds. The maximum atomic E-state index is 12.7. The molecule has 212 valence electrons. The molecule has 4 rings (SSSR count). The lowest BCUT2D eigenvalue weighted by Crippen LogP contribution is -2.69. The molecule has 0 aromatic heterocycles. The van der Waals surface area contributed by atoms with E-state index in [0.29, 0.717) is 24.7 Å². The fraction of sp³-hybridized carbons (Fsp3) is 0.545. The zero-order valence-electron chi connectivity index (χ0n) is 24.2. The van der Waals surface area contributed by atoms with Crippen LogP contribution in [-0.2, 0) is 18.7 Å². The molecule has 0 bridgehead atoms. The quantitative estimate of drug-likeness (QED) is 0.235. The van der Waals surface area contributed by atoms with Gasteiger partial charge < -0.3 is 19.0 Å². The molecule has 39 heavy (non-hydrogen) atoms. The highest BCUT2D eigenvalue weighted by molar-refractivity contribution is 6.99. The third-order valence-corrected chi connectivity index (χ3v) is 13.7. The van der Waals surface area contributed by atoms with Crippen molar-refractivity contribution in [3.05, 3.63) is 73.3 Å². The Kier molecular flexibility index (Phi) is 9.53. The first-order valence-electron chi connectivity index (χ1n) is 14.5. The zero-order chi connectivity index (χ0) is 28.2. The number of carbonyl (C=O) groups is 1. The lowest BCUT2D eigenvalue weighted by atomic mass is 9.87. The third-order valence-electron chi connectivity index (χ3n) is 8.68. The lowest BCUT2D eigenvalue weighted by Gasteiger charge is -2.49. The van der Waals surface area contributed by atoms with Gasteiger partial charge in [-0.3, -0.25) is 4.79 Å². The van der Waals surface area contributed by atoms with Gasteiger partial charge in [0.2, 0.25) is 0 Å². The van der Waals surface area contributed by atoms with Crippen molar-refractivity contribution in [3.63, 3.8) is 0 Å². The molecule has 5 nitrogen and oxygen atoms in total. The number of aliphatic hydroxyl groups is 1. The van der Waals surface area contributed by atoms with Crippen LogP contribution in [0.15, 0.2) is 73.3 Å². The Balaban J connectivity index is 1.70. The van der Waals surface area contributed by atoms with Gasteiger partial charge in [-0.25, -0.2) is 0 Å². The van der Waals surface area contributed by atoms with Gasteiger partial charge in [-0.05, 0) is 46.5 Å². The molecule has 2 aliphatic rings. The van der Waals surface area contributed by atoms with Gasteiger partial charge in [-0.2, -0.15) is 0 Å². The Morgan fingerprint density at radius 1 is 1.08 bits per heavy atom. The van der Waals surface area contributed by atoms with E-state index in [0.717, 1.165) is 6.42 Å². The topological polar surface area (TPSA) is 65.0 Å². The average Bonchev–Trinajstić information content (AvgIpc) is 3.65. The number of carbonyl (C=O) groups excluding carboxylic acids is 1. The molecule has 1 aliphatic carbocycles. The second kappa shape index (κ2) is 12.5. The molecule has 2 aromatic rings. The number of esters is 1. The summed E-state index contributed by atoms with van der Waals surface area (Å²) in [5, 5.41) is 13.2. The molecule has 0 radical (unpaired) electrons. The van der Waals surface area contributed by atoms with Gasteiger partial charge >= 0.3 is 5.97 Å². The second-order valence-electron chi connectivity index (χ2n) is 12.6. The van der Waals surface area contributed by atoms with Crippen molar-refractivity contribution in [3.8, 4) is 0 Å². The minimum absolute atomic E-state index is 0.0313. The van der Waals surface area contributed by atoms with Crippen LogP contribution in [0.3, 0.4) is 0 Å². The number of benzene rings is 2. The second-order valence-corrected chi connectivity index (χ2v) is 16.8. The van der Waals surface area contributed by atoms with Gasteiger partial charge in [0.1, 0.15) is 6.61 Å². The molecule has 2 fully saturated rings. The van der Waals surface area contributed by atoms with Crippen LogP contribution < -0.4 is 10.4 Å². The summed E-state index contributed by atoms with van der Waals surface area (Å²) >= 11 is 0. The van der Waals surface area contributed by atoms with Crippen molar-refractivity contribution in [2.24, 2.45) is 17.8 Å². The summed E-state index contributed by atoms with van der Waals surface area (Å²) in [7, 11) is -2.81. The molecule has 1 aliphatic heterocycles. The highest BCUT2D eigenvalue weighted by Crippen LogP contribution is 2.44. The molecular formula is C33H46O5Si. The van der Waals surface area contributed by atoms with E-state index in [1.807, 2.05) is 0 Å². The first-order valence-corrected chi connectivity index (χ1v) is 16.4. The van der Waals surface area contributed by atoms with Crippen LogP contribution in [-0.4, -0.2) is 50.4 Å². The summed E-state index contributed by atoms with van der Waals surface area (Å²) < 4.78 is 19.4. The van der Waals surface area contributed by atoms with E-state index < -0.39 is 14.4 Å². The minimum Gasteiger partial charge on any atom is -0.461 e. The summed E-state index contributed by atoms with van der Waals surface area (Å²) in [6.45, 7) is 15.0. The Morgan fingerprint density at radius 3 is 2.13 bits per heavy atom. The Labute approximate surface area is 235 Å². The maximum absolute atomic E-state index is 12.7. The van der Waals surface area contributed by atoms with Crippen LogP contribution in [0.4, 0.5) is 0 Å². The van der Waals surface area contributed by atoms with Crippen LogP contribution >= 0.6 is 0 Å². The Bertz CT molecular complexity index is 1040. The van der Waals surface area contributed by atoms with Gasteiger partial charge in [0.15, 0.2) is 0 Å². The van der Waals surface area contributed by atoms with Crippen LogP contribution in [0.25, 0.3) is 0 Å². The van der Waals surface area contributed by atoms with E-state index in [9.17, 15) is 9.90 Å². The summed E-state index contributed by atoms with van der Waals surface area (Å²) in [6, 6.07) is 21.3. The third kappa shape index (κ3) is 6.74. The van der Waals surface area contributed by atoms with Crippen LogP contribution in [0.2, 0.25) is 5.04 Å². The molecule has 2 aromatic carbocycles. The van der Waals surface area contributed by atoms with Crippen LogP contribution in [0, 0.1) is 17.8 Å². The van der Waals surface area contributed by atoms with Gasteiger partial charge in [0, 0.05) is 5.92 Å². The average molecular weight is 551 g/mol. The Hall–Kier alpha value is -2.25. The fourth-order valence-corrected chi connectivity index (χ4v) is 11.1. The highest BCUT2D eigenvalue weighted by atomic mass is 28.4. The zero-order valence-corrected chi connectivity index (χ0v) is 25.2. The van der Waals surface area contributed by atoms with Crippen LogP contribution in [0.5, 0.6) is 0 Å². The summed E-state index contributed by atoms with van der Waals surface area (Å²) in [6.07, 6.45) is 2.94. The lowest BCUT2D eigenvalue weighted by molar-refractivity contribution is -0.162. The first-order chi connectivity index (χ1) is 18.6. The van der Waals surface area contributed by atoms with Crippen molar-refractivity contribution in [2.75, 3.05) is 6.61 Å². The molecule has 0 spiro atoms. The monoisotopic (exact) mass is 550 g/mol. The number of rotatable bonds is 11. The normalized spacial score (nSPS) is 27.9. The number of hydrogen-bond donors (Lipinski definition) is 1. The SMILES string of the molecule is C=CCOC(=O)C[C@@H]1O[C@H](C[C@H](O)[C@@H]2C[C@H]2C)C[C@H](O[Si](c2ccccc2)(c2ccccc2)C(C)(C)C)[C@H]1C. The molecule has 1 saturated carbocycles. The summed E-state index contributed by atoms with van der Waals surface area (Å²) in [4.78, 5) is 12.7. The van der Waals surface area contributed by atoms with Crippen molar-refractivity contribution >= 4 is 24.7 Å². The van der Waals surface area contributed by atoms with Gasteiger partial charge in [-0.1, -0.05) is 108 Å². The van der Waals surface area contributed by atoms with E-state index in [2.05, 4.69) is 102 Å². The van der Waals surface area contributed by atoms with Crippen molar-refractivity contribution < 1.29 is 23.8 Å². The predicted octanol–water partition coefficient (Wildman–Crippen LogP) is 5.25. The van der Waals surface area contributed by atoms with Crippen molar-refractivity contribution in [2.45, 2.75) is 89.8 Å². The number of ether oxygens (including phenoxy) is 2. The smallest absolute Gasteiger partial charge is 0.308 e. The van der Waals surface area contributed by atoms with E-state index in [1.54, 1.807) is 6.08 Å². The first kappa shape index (κ1) is 29.7. The standard InChI is InChI=1S/C33H46O5Si/c1-7-18-36-32(35)22-30-24(3)31(21-25(37-30)20-29(34)28-19-23(28)2)38-39(33(4,5)6,26-14-10-8-11-15-26)27-16-12-9-13-17-27/h7-17,23-25,28-31,34H,1,18-22H2,2-6H3/t23-,24+,25-,28-,29+,30+,31+/m1/s1. The molecular weight excluding hydrogens is 504 g/mol. The van der Waals surface area contributed by atoms with E-state index in [4.69, 9.17) is 13.9 Å². The molecule has 0 unspecified atom stereocenters. The predicted molar refractivity (Wildman–Crippen MR) is 159 cm³/mol. The molecule has 7 atom stereocenters. The molecule has 1 saturated heterocycles. The molecule has 6 heteroatoms. The Morgan fingerprint density at radius 2 is 1.64 bits per heavy atom. The van der Waals surface area contributed by atoms with Crippen molar-refractivity contribution in [1.29, 1.82) is 0 Å². The minimum atomic E-state index is -2.81. The van der Waals surface area contributed by atoms with E-state index in [-0.39, 0.29) is 48.3 Å². The van der Waals surface area contributed by atoms with Gasteiger partial charge in [0.25, 0.3) is 8.32 Å². The summed E-state index contributed by atoms with van der Waals surface area (Å²) in [5.74, 6) is 0.556. The number of aliphatic hydroxyl groups excluding tert-OH is 1. The number of hydrogen-bond acceptors (Lipinski definition) is 5. The summed E-state index contributed by atoms with van der Waals surface area (Å²) in [5.41, 5.74) is 0. The largest absolute Gasteiger partial charge is 0.461 e. The fourth-order valence-electron chi connectivity index (χ4n) is 6.31. The van der Waals surface area contributed by atoms with Gasteiger partial charge in [0.05, 0.1) is 30.8 Å². The highest BCUT2D eigenvalue weighted by Gasteiger charge is 2.53. The maximum Gasteiger partial charge on any atom is 0.308 e. The van der Waals surface area contributed by atoms with E-state index in [1.165, 1.54) is 10.4 Å². The molecule has 1 heterocycles. The van der Waals surface area contributed by atoms with Crippen molar-refractivity contribution in [1.82, 2.24) is 0 Å². The molecule has 1 N–H and O–H groups in total. The van der Waals surface area contributed by atoms with Crippen LogP contribution in [0.1, 0.15) is 60.3 Å². The van der Waals surface area contributed by atoms with Gasteiger partial charge in [-0.15, -0.1) is 0 Å².